The van der Waals surface area contributed by atoms with Crippen LogP contribution in [0.5, 0.6) is 5.88 Å². The highest BCUT2D eigenvalue weighted by atomic mass is 35.5. The quantitative estimate of drug-likeness (QED) is 0.253. The minimum atomic E-state index is -0.549. The third-order valence-corrected chi connectivity index (χ3v) is 2.00. The molecule has 0 N–H and O–H groups in total. The Kier molecular flexibility index (Phi) is 4.72. The van der Waals surface area contributed by atoms with Crippen LogP contribution in [0.15, 0.2) is 24.8 Å². The molecule has 0 spiro atoms. The predicted molar refractivity (Wildman–Crippen MR) is 60.8 cm³/mol. The first kappa shape index (κ1) is 12.4. The average molecular weight is 243 g/mol. The number of halogens is 1. The van der Waals surface area contributed by atoms with Gasteiger partial charge in [-0.05, 0) is 18.9 Å². The molecular weight excluding hydrogens is 232 g/mol. The molecule has 0 amide bonds. The summed E-state index contributed by atoms with van der Waals surface area (Å²) in [6, 6.07) is 2.63. The highest BCUT2D eigenvalue weighted by molar-refractivity contribution is 6.29. The molecular formula is C10H11ClN2O3. The van der Waals surface area contributed by atoms with E-state index in [0.717, 1.165) is 12.8 Å². The standard InChI is InChI=1S/C10H11ClN2O3/c1-2-3-4-7-16-10-8(13(14)15)5-6-9(11)12-10/h2,5-6H,1,3-4,7H2. The van der Waals surface area contributed by atoms with Crippen LogP contribution >= 0.6 is 11.6 Å². The Morgan fingerprint density at radius 1 is 1.62 bits per heavy atom. The smallest absolute Gasteiger partial charge is 0.331 e. The van der Waals surface area contributed by atoms with Crippen molar-refractivity contribution in [2.75, 3.05) is 6.61 Å². The summed E-state index contributed by atoms with van der Waals surface area (Å²) in [7, 11) is 0. The summed E-state index contributed by atoms with van der Waals surface area (Å²) < 4.78 is 5.20. The Hall–Kier alpha value is -1.62. The number of unbranched alkanes of at least 4 members (excludes halogenated alkanes) is 1. The molecule has 0 aliphatic carbocycles. The fourth-order valence-electron chi connectivity index (χ4n) is 1.05. The fourth-order valence-corrected chi connectivity index (χ4v) is 1.19. The highest BCUT2D eigenvalue weighted by Crippen LogP contribution is 2.26. The third kappa shape index (κ3) is 3.51. The number of nitrogens with zero attached hydrogens (tertiary/aromatic N) is 2. The van der Waals surface area contributed by atoms with Gasteiger partial charge in [0.15, 0.2) is 0 Å². The first-order valence-electron chi connectivity index (χ1n) is 4.69. The molecule has 0 aliphatic rings. The summed E-state index contributed by atoms with van der Waals surface area (Å²) >= 11 is 5.63. The maximum atomic E-state index is 10.6. The van der Waals surface area contributed by atoms with Gasteiger partial charge in [0, 0.05) is 6.07 Å². The second-order valence-electron chi connectivity index (χ2n) is 2.99. The molecule has 1 aromatic rings. The molecule has 86 valence electrons. The molecule has 0 saturated heterocycles. The van der Waals surface area contributed by atoms with Gasteiger partial charge in [-0.25, -0.2) is 0 Å². The molecule has 0 saturated carbocycles. The molecule has 0 bridgehead atoms. The van der Waals surface area contributed by atoms with Gasteiger partial charge in [0.1, 0.15) is 5.15 Å². The predicted octanol–water partition coefficient (Wildman–Crippen LogP) is 2.99. The van der Waals surface area contributed by atoms with E-state index in [0.29, 0.717) is 6.61 Å². The van der Waals surface area contributed by atoms with Gasteiger partial charge >= 0.3 is 5.69 Å². The van der Waals surface area contributed by atoms with Crippen LogP contribution in [0, 0.1) is 10.1 Å². The number of aromatic nitrogens is 1. The van der Waals surface area contributed by atoms with Crippen molar-refractivity contribution in [1.29, 1.82) is 0 Å². The summed E-state index contributed by atoms with van der Waals surface area (Å²) in [5.74, 6) is -0.0402. The normalized spacial score (nSPS) is 9.81. The van der Waals surface area contributed by atoms with Gasteiger partial charge in [0.25, 0.3) is 5.88 Å². The lowest BCUT2D eigenvalue weighted by Gasteiger charge is -2.04. The number of ether oxygens (including phenoxy) is 1. The van der Waals surface area contributed by atoms with E-state index >= 15 is 0 Å². The van der Waals surface area contributed by atoms with Gasteiger partial charge < -0.3 is 4.74 Å². The number of hydrogen-bond donors (Lipinski definition) is 0. The number of pyridine rings is 1. The van der Waals surface area contributed by atoms with Crippen molar-refractivity contribution in [3.8, 4) is 5.88 Å². The molecule has 0 unspecified atom stereocenters. The van der Waals surface area contributed by atoms with E-state index in [1.165, 1.54) is 12.1 Å². The van der Waals surface area contributed by atoms with Crippen molar-refractivity contribution in [2.45, 2.75) is 12.8 Å². The van der Waals surface area contributed by atoms with Crippen molar-refractivity contribution in [2.24, 2.45) is 0 Å². The van der Waals surface area contributed by atoms with Crippen LogP contribution in [0.1, 0.15) is 12.8 Å². The molecule has 1 heterocycles. The van der Waals surface area contributed by atoms with Crippen LogP contribution in [-0.2, 0) is 0 Å². The van der Waals surface area contributed by atoms with E-state index in [-0.39, 0.29) is 16.7 Å². The number of allylic oxidation sites excluding steroid dienone is 1. The van der Waals surface area contributed by atoms with E-state index in [4.69, 9.17) is 16.3 Å². The molecule has 1 rings (SSSR count). The topological polar surface area (TPSA) is 65.3 Å². The van der Waals surface area contributed by atoms with Crippen LogP contribution in [0.2, 0.25) is 5.15 Å². The van der Waals surface area contributed by atoms with Crippen LogP contribution in [0.3, 0.4) is 0 Å². The zero-order valence-electron chi connectivity index (χ0n) is 8.56. The van der Waals surface area contributed by atoms with Crippen LogP contribution in [-0.4, -0.2) is 16.5 Å². The first-order chi connectivity index (χ1) is 7.65. The highest BCUT2D eigenvalue weighted by Gasteiger charge is 2.16. The summed E-state index contributed by atoms with van der Waals surface area (Å²) in [5.41, 5.74) is -0.178. The molecule has 0 aliphatic heterocycles. The molecule has 5 nitrogen and oxygen atoms in total. The second kappa shape index (κ2) is 6.07. The summed E-state index contributed by atoms with van der Waals surface area (Å²) in [6.45, 7) is 3.91. The van der Waals surface area contributed by atoms with Gasteiger partial charge in [0.2, 0.25) is 0 Å². The third-order valence-electron chi connectivity index (χ3n) is 1.79. The zero-order valence-corrected chi connectivity index (χ0v) is 9.31. The van der Waals surface area contributed by atoms with Crippen molar-refractivity contribution >= 4 is 17.3 Å². The first-order valence-corrected chi connectivity index (χ1v) is 5.07. The summed E-state index contributed by atoms with van der Waals surface area (Å²) in [4.78, 5) is 13.9. The molecule has 0 fully saturated rings. The van der Waals surface area contributed by atoms with Crippen molar-refractivity contribution < 1.29 is 9.66 Å². The van der Waals surface area contributed by atoms with Crippen LogP contribution in [0.4, 0.5) is 5.69 Å². The van der Waals surface area contributed by atoms with Crippen LogP contribution < -0.4 is 4.74 Å². The van der Waals surface area contributed by atoms with E-state index in [2.05, 4.69) is 11.6 Å². The SMILES string of the molecule is C=CCCCOc1nc(Cl)ccc1[N+](=O)[O-]. The van der Waals surface area contributed by atoms with E-state index in [1.54, 1.807) is 6.08 Å². The molecule has 1 aromatic heterocycles. The van der Waals surface area contributed by atoms with Crippen molar-refractivity contribution in [3.63, 3.8) is 0 Å². The van der Waals surface area contributed by atoms with Crippen molar-refractivity contribution in [3.05, 3.63) is 40.1 Å². The number of rotatable bonds is 6. The summed E-state index contributed by atoms with van der Waals surface area (Å²) in [6.07, 6.45) is 3.27. The van der Waals surface area contributed by atoms with Gasteiger partial charge in [-0.3, -0.25) is 10.1 Å². The maximum Gasteiger partial charge on any atom is 0.331 e. The van der Waals surface area contributed by atoms with Gasteiger partial charge in [-0.15, -0.1) is 6.58 Å². The van der Waals surface area contributed by atoms with Gasteiger partial charge in [0.05, 0.1) is 11.5 Å². The van der Waals surface area contributed by atoms with E-state index in [1.807, 2.05) is 0 Å². The minimum absolute atomic E-state index is 0.0402. The lowest BCUT2D eigenvalue weighted by atomic mass is 10.3. The number of hydrogen-bond acceptors (Lipinski definition) is 4. The summed E-state index contributed by atoms with van der Waals surface area (Å²) in [5, 5.41) is 10.8. The average Bonchev–Trinajstić information content (AvgIpc) is 2.24. The Morgan fingerprint density at radius 2 is 2.38 bits per heavy atom. The molecule has 0 aromatic carbocycles. The fraction of sp³-hybridized carbons (Fsp3) is 0.300. The van der Waals surface area contributed by atoms with Gasteiger partial charge in [-0.1, -0.05) is 17.7 Å². The molecule has 16 heavy (non-hydrogen) atoms. The molecule has 0 atom stereocenters. The Bertz CT molecular complexity index is 396. The van der Waals surface area contributed by atoms with Gasteiger partial charge in [-0.2, -0.15) is 4.98 Å². The largest absolute Gasteiger partial charge is 0.473 e. The van der Waals surface area contributed by atoms with Crippen LogP contribution in [0.25, 0.3) is 0 Å². The Balaban J connectivity index is 2.72. The molecule has 0 radical (unpaired) electrons. The Morgan fingerprint density at radius 3 is 3.00 bits per heavy atom. The van der Waals surface area contributed by atoms with Crippen molar-refractivity contribution in [1.82, 2.24) is 4.98 Å². The Labute approximate surface area is 97.9 Å². The zero-order chi connectivity index (χ0) is 12.0. The van der Waals surface area contributed by atoms with E-state index < -0.39 is 4.92 Å². The second-order valence-corrected chi connectivity index (χ2v) is 3.38. The maximum absolute atomic E-state index is 10.6. The lowest BCUT2D eigenvalue weighted by Crippen LogP contribution is -2.02. The number of nitro groups is 1. The lowest BCUT2D eigenvalue weighted by molar-refractivity contribution is -0.386. The van der Waals surface area contributed by atoms with E-state index in [9.17, 15) is 10.1 Å². The minimum Gasteiger partial charge on any atom is -0.473 e. The monoisotopic (exact) mass is 242 g/mol. The molecule has 6 heteroatoms.